The number of hydrogen-bond donors (Lipinski definition) is 2. The van der Waals surface area contributed by atoms with Gasteiger partial charge in [-0.05, 0) is 37.6 Å². The molecule has 0 aliphatic carbocycles. The van der Waals surface area contributed by atoms with E-state index in [4.69, 9.17) is 15.2 Å². The molecule has 16 heavy (non-hydrogen) atoms. The second-order valence-corrected chi connectivity index (χ2v) is 3.68. The van der Waals surface area contributed by atoms with Crippen LogP contribution in [-0.4, -0.2) is 25.9 Å². The first-order valence-corrected chi connectivity index (χ1v) is 5.24. The molecular weight excluding hydrogens is 206 g/mol. The van der Waals surface area contributed by atoms with Crippen molar-refractivity contribution in [3.8, 4) is 11.5 Å². The molecule has 0 bridgehead atoms. The number of rotatable bonds is 5. The Labute approximate surface area is 96.0 Å². The quantitative estimate of drug-likeness (QED) is 0.795. The molecule has 0 radical (unpaired) electrons. The standard InChI is InChI=1S/C12H19NO3/c1-8-6-10(15-2)12(9(14)4-5-13)11(7-8)16-3/h6-7,9,14H,4-5,13H2,1-3H3/t9-/m1/s1. The molecular formula is C12H19NO3. The summed E-state index contributed by atoms with van der Waals surface area (Å²) in [6, 6.07) is 3.75. The average molecular weight is 225 g/mol. The summed E-state index contributed by atoms with van der Waals surface area (Å²) < 4.78 is 10.5. The fourth-order valence-corrected chi connectivity index (χ4v) is 1.70. The van der Waals surface area contributed by atoms with Crippen LogP contribution in [0.1, 0.15) is 23.7 Å². The number of hydrogen-bond acceptors (Lipinski definition) is 4. The smallest absolute Gasteiger partial charge is 0.128 e. The number of aryl methyl sites for hydroxylation is 1. The Balaban J connectivity index is 3.21. The number of methoxy groups -OCH3 is 2. The van der Waals surface area contributed by atoms with E-state index in [1.165, 1.54) is 0 Å². The zero-order chi connectivity index (χ0) is 12.1. The SMILES string of the molecule is COc1cc(C)cc(OC)c1[C@H](O)CCN. The highest BCUT2D eigenvalue weighted by molar-refractivity contribution is 5.49. The van der Waals surface area contributed by atoms with Crippen molar-refractivity contribution in [3.63, 3.8) is 0 Å². The lowest BCUT2D eigenvalue weighted by Gasteiger charge is -2.18. The Morgan fingerprint density at radius 3 is 2.12 bits per heavy atom. The molecule has 1 aromatic rings. The number of benzene rings is 1. The topological polar surface area (TPSA) is 64.7 Å². The first kappa shape index (κ1) is 12.8. The molecule has 1 aromatic carbocycles. The van der Waals surface area contributed by atoms with E-state index < -0.39 is 6.10 Å². The van der Waals surface area contributed by atoms with Crippen molar-refractivity contribution in [1.82, 2.24) is 0 Å². The van der Waals surface area contributed by atoms with Crippen molar-refractivity contribution in [1.29, 1.82) is 0 Å². The summed E-state index contributed by atoms with van der Waals surface area (Å²) in [5.74, 6) is 1.27. The van der Waals surface area contributed by atoms with Crippen LogP contribution in [0.4, 0.5) is 0 Å². The van der Waals surface area contributed by atoms with Gasteiger partial charge in [0.2, 0.25) is 0 Å². The van der Waals surface area contributed by atoms with E-state index in [2.05, 4.69) is 0 Å². The number of ether oxygens (including phenoxy) is 2. The van der Waals surface area contributed by atoms with Gasteiger partial charge in [-0.3, -0.25) is 0 Å². The van der Waals surface area contributed by atoms with Crippen LogP contribution in [0.3, 0.4) is 0 Å². The third-order valence-corrected chi connectivity index (χ3v) is 2.46. The molecule has 0 aliphatic heterocycles. The molecule has 0 aliphatic rings. The summed E-state index contributed by atoms with van der Waals surface area (Å²) in [7, 11) is 3.15. The summed E-state index contributed by atoms with van der Waals surface area (Å²) in [5, 5.41) is 10.00. The minimum absolute atomic E-state index is 0.418. The van der Waals surface area contributed by atoms with Crippen molar-refractivity contribution < 1.29 is 14.6 Å². The summed E-state index contributed by atoms with van der Waals surface area (Å²) >= 11 is 0. The van der Waals surface area contributed by atoms with Crippen LogP contribution in [0.5, 0.6) is 11.5 Å². The second kappa shape index (κ2) is 5.72. The van der Waals surface area contributed by atoms with Crippen LogP contribution >= 0.6 is 0 Å². The first-order chi connectivity index (χ1) is 7.63. The molecule has 0 saturated carbocycles. The zero-order valence-corrected chi connectivity index (χ0v) is 9.99. The molecule has 0 amide bonds. The third kappa shape index (κ3) is 2.65. The van der Waals surface area contributed by atoms with E-state index in [-0.39, 0.29) is 0 Å². The third-order valence-electron chi connectivity index (χ3n) is 2.46. The maximum atomic E-state index is 10.00. The average Bonchev–Trinajstić information content (AvgIpc) is 2.27. The number of aliphatic hydroxyl groups is 1. The lowest BCUT2D eigenvalue weighted by atomic mass is 10.0. The van der Waals surface area contributed by atoms with Gasteiger partial charge in [-0.2, -0.15) is 0 Å². The Hall–Kier alpha value is -1.26. The molecule has 4 heteroatoms. The summed E-state index contributed by atoms with van der Waals surface area (Å²) in [6.07, 6.45) is -0.175. The van der Waals surface area contributed by atoms with E-state index in [0.29, 0.717) is 30.0 Å². The summed E-state index contributed by atoms with van der Waals surface area (Å²) in [5.41, 5.74) is 7.13. The molecule has 0 saturated heterocycles. The molecule has 3 N–H and O–H groups in total. The second-order valence-electron chi connectivity index (χ2n) is 3.68. The van der Waals surface area contributed by atoms with Crippen LogP contribution in [-0.2, 0) is 0 Å². The predicted octanol–water partition coefficient (Wildman–Crippen LogP) is 1.39. The van der Waals surface area contributed by atoms with Crippen molar-refractivity contribution in [2.75, 3.05) is 20.8 Å². The Morgan fingerprint density at radius 1 is 1.25 bits per heavy atom. The number of aliphatic hydroxyl groups excluding tert-OH is 1. The molecule has 1 atom stereocenters. The molecule has 4 nitrogen and oxygen atoms in total. The van der Waals surface area contributed by atoms with E-state index in [1.54, 1.807) is 14.2 Å². The largest absolute Gasteiger partial charge is 0.496 e. The summed E-state index contributed by atoms with van der Waals surface area (Å²) in [4.78, 5) is 0. The van der Waals surface area contributed by atoms with Gasteiger partial charge in [0.15, 0.2) is 0 Å². The molecule has 0 aromatic heterocycles. The maximum Gasteiger partial charge on any atom is 0.128 e. The van der Waals surface area contributed by atoms with Gasteiger partial charge < -0.3 is 20.3 Å². The number of nitrogens with two attached hydrogens (primary N) is 1. The van der Waals surface area contributed by atoms with Crippen molar-refractivity contribution in [2.24, 2.45) is 5.73 Å². The van der Waals surface area contributed by atoms with Crippen LogP contribution in [0.15, 0.2) is 12.1 Å². The van der Waals surface area contributed by atoms with Crippen molar-refractivity contribution >= 4 is 0 Å². The van der Waals surface area contributed by atoms with Gasteiger partial charge in [0, 0.05) is 0 Å². The fraction of sp³-hybridized carbons (Fsp3) is 0.500. The van der Waals surface area contributed by atoms with Gasteiger partial charge in [-0.1, -0.05) is 0 Å². The molecule has 90 valence electrons. The van der Waals surface area contributed by atoms with Gasteiger partial charge in [-0.25, -0.2) is 0 Å². The maximum absolute atomic E-state index is 10.00. The van der Waals surface area contributed by atoms with Crippen LogP contribution in [0.25, 0.3) is 0 Å². The molecule has 0 spiro atoms. The van der Waals surface area contributed by atoms with Gasteiger partial charge in [0.05, 0.1) is 25.9 Å². The Morgan fingerprint density at radius 2 is 1.75 bits per heavy atom. The highest BCUT2D eigenvalue weighted by Crippen LogP contribution is 2.36. The fourth-order valence-electron chi connectivity index (χ4n) is 1.70. The van der Waals surface area contributed by atoms with Crippen LogP contribution in [0, 0.1) is 6.92 Å². The van der Waals surface area contributed by atoms with E-state index >= 15 is 0 Å². The zero-order valence-electron chi connectivity index (χ0n) is 9.99. The highest BCUT2D eigenvalue weighted by Gasteiger charge is 2.18. The minimum Gasteiger partial charge on any atom is -0.496 e. The van der Waals surface area contributed by atoms with Crippen LogP contribution in [0.2, 0.25) is 0 Å². The van der Waals surface area contributed by atoms with Gasteiger partial charge in [0.1, 0.15) is 11.5 Å². The van der Waals surface area contributed by atoms with E-state index in [0.717, 1.165) is 5.56 Å². The van der Waals surface area contributed by atoms with Crippen molar-refractivity contribution in [2.45, 2.75) is 19.4 Å². The lowest BCUT2D eigenvalue weighted by Crippen LogP contribution is -2.09. The molecule has 0 fully saturated rings. The van der Waals surface area contributed by atoms with Crippen LogP contribution < -0.4 is 15.2 Å². The molecule has 1 rings (SSSR count). The minimum atomic E-state index is -0.657. The van der Waals surface area contributed by atoms with Gasteiger partial charge in [-0.15, -0.1) is 0 Å². The van der Waals surface area contributed by atoms with Crippen molar-refractivity contribution in [3.05, 3.63) is 23.3 Å². The normalized spacial score (nSPS) is 12.3. The monoisotopic (exact) mass is 225 g/mol. The Bertz CT molecular complexity index is 327. The van der Waals surface area contributed by atoms with E-state index in [9.17, 15) is 5.11 Å². The van der Waals surface area contributed by atoms with Gasteiger partial charge >= 0.3 is 0 Å². The first-order valence-electron chi connectivity index (χ1n) is 5.24. The van der Waals surface area contributed by atoms with E-state index in [1.807, 2.05) is 19.1 Å². The molecule has 0 unspecified atom stereocenters. The Kier molecular flexibility index (Phi) is 4.58. The van der Waals surface area contributed by atoms with Gasteiger partial charge in [0.25, 0.3) is 0 Å². The molecule has 0 heterocycles. The highest BCUT2D eigenvalue weighted by atomic mass is 16.5. The summed E-state index contributed by atoms with van der Waals surface area (Å²) in [6.45, 7) is 2.37. The predicted molar refractivity (Wildman–Crippen MR) is 62.9 cm³/mol. The lowest BCUT2D eigenvalue weighted by molar-refractivity contribution is 0.161.